The Hall–Kier alpha value is -1.13. The van der Waals surface area contributed by atoms with E-state index in [-0.39, 0.29) is 0 Å². The normalized spacial score (nSPS) is 19.8. The van der Waals surface area contributed by atoms with Gasteiger partial charge in [-0.15, -0.1) is 11.3 Å². The van der Waals surface area contributed by atoms with Crippen molar-refractivity contribution in [3.8, 4) is 0 Å². The highest BCUT2D eigenvalue weighted by molar-refractivity contribution is 7.10. The molecule has 0 spiro atoms. The summed E-state index contributed by atoms with van der Waals surface area (Å²) in [5.74, 6) is 0. The Morgan fingerprint density at radius 1 is 1.50 bits per heavy atom. The maximum atomic E-state index is 4.42. The average molecular weight is 233 g/mol. The minimum Gasteiger partial charge on any atom is -0.306 e. The second-order valence-corrected chi connectivity index (χ2v) is 5.28. The standard InChI is InChI=1S/C12H15N3S/c1-8-10(7-15(2)14-8)12-9-4-6-16-11(9)3-5-13-12/h4,6-7,12-13H,3,5H2,1-2H3. The Bertz CT molecular complexity index is 512. The number of rotatable bonds is 1. The Labute approximate surface area is 99.1 Å². The van der Waals surface area contributed by atoms with Crippen LogP contribution >= 0.6 is 11.3 Å². The van der Waals surface area contributed by atoms with Crippen LogP contribution in [0.15, 0.2) is 17.6 Å². The van der Waals surface area contributed by atoms with Crippen LogP contribution in [0.25, 0.3) is 0 Å². The molecule has 0 radical (unpaired) electrons. The highest BCUT2D eigenvalue weighted by atomic mass is 32.1. The van der Waals surface area contributed by atoms with Gasteiger partial charge in [-0.05, 0) is 30.4 Å². The van der Waals surface area contributed by atoms with Crippen molar-refractivity contribution >= 4 is 11.3 Å². The number of aromatic nitrogens is 2. The molecule has 84 valence electrons. The SMILES string of the molecule is Cc1nn(C)cc1C1NCCc2sccc21. The maximum Gasteiger partial charge on any atom is 0.0644 e. The van der Waals surface area contributed by atoms with Gasteiger partial charge in [-0.2, -0.15) is 5.10 Å². The molecule has 0 aromatic carbocycles. The third kappa shape index (κ3) is 1.49. The van der Waals surface area contributed by atoms with E-state index in [0.717, 1.165) is 18.7 Å². The first-order chi connectivity index (χ1) is 7.75. The summed E-state index contributed by atoms with van der Waals surface area (Å²) >= 11 is 1.87. The third-order valence-electron chi connectivity index (χ3n) is 3.15. The van der Waals surface area contributed by atoms with Crippen LogP contribution in [0.3, 0.4) is 0 Å². The van der Waals surface area contributed by atoms with Crippen molar-refractivity contribution in [1.82, 2.24) is 15.1 Å². The lowest BCUT2D eigenvalue weighted by Crippen LogP contribution is -2.29. The van der Waals surface area contributed by atoms with Crippen molar-refractivity contribution in [2.45, 2.75) is 19.4 Å². The van der Waals surface area contributed by atoms with E-state index in [2.05, 4.69) is 35.0 Å². The van der Waals surface area contributed by atoms with Crippen molar-refractivity contribution in [1.29, 1.82) is 0 Å². The molecule has 4 heteroatoms. The van der Waals surface area contributed by atoms with Gasteiger partial charge in [-0.1, -0.05) is 0 Å². The molecule has 0 aliphatic carbocycles. The van der Waals surface area contributed by atoms with E-state index >= 15 is 0 Å². The first-order valence-electron chi connectivity index (χ1n) is 5.55. The predicted octanol–water partition coefficient (Wildman–Crippen LogP) is 2.03. The Balaban J connectivity index is 2.07. The Morgan fingerprint density at radius 3 is 3.12 bits per heavy atom. The highest BCUT2D eigenvalue weighted by Crippen LogP contribution is 2.32. The molecule has 1 aliphatic rings. The van der Waals surface area contributed by atoms with E-state index in [9.17, 15) is 0 Å². The Morgan fingerprint density at radius 2 is 2.38 bits per heavy atom. The number of nitrogens with zero attached hydrogens (tertiary/aromatic N) is 2. The fourth-order valence-corrected chi connectivity index (χ4v) is 3.35. The number of thiophene rings is 1. The van der Waals surface area contributed by atoms with Gasteiger partial charge in [0.25, 0.3) is 0 Å². The summed E-state index contributed by atoms with van der Waals surface area (Å²) in [6.07, 6.45) is 3.28. The van der Waals surface area contributed by atoms with Crippen LogP contribution < -0.4 is 5.32 Å². The van der Waals surface area contributed by atoms with Gasteiger partial charge in [0.15, 0.2) is 0 Å². The lowest BCUT2D eigenvalue weighted by atomic mass is 9.96. The molecule has 0 fully saturated rings. The number of aryl methyl sites for hydroxylation is 2. The molecule has 2 aromatic heterocycles. The molecular formula is C12H15N3S. The molecule has 3 nitrogen and oxygen atoms in total. The van der Waals surface area contributed by atoms with Crippen LogP contribution in [0.2, 0.25) is 0 Å². The summed E-state index contributed by atoms with van der Waals surface area (Å²) < 4.78 is 1.90. The first kappa shape index (κ1) is 10.1. The fourth-order valence-electron chi connectivity index (χ4n) is 2.43. The van der Waals surface area contributed by atoms with Gasteiger partial charge in [-0.25, -0.2) is 0 Å². The van der Waals surface area contributed by atoms with E-state index in [1.54, 1.807) is 0 Å². The van der Waals surface area contributed by atoms with Crippen molar-refractivity contribution in [3.63, 3.8) is 0 Å². The van der Waals surface area contributed by atoms with Crippen molar-refractivity contribution < 1.29 is 0 Å². The first-order valence-corrected chi connectivity index (χ1v) is 6.43. The van der Waals surface area contributed by atoms with Crippen LogP contribution in [-0.4, -0.2) is 16.3 Å². The van der Waals surface area contributed by atoms with Crippen molar-refractivity contribution in [2.75, 3.05) is 6.54 Å². The largest absolute Gasteiger partial charge is 0.306 e. The molecule has 0 amide bonds. The molecule has 0 saturated carbocycles. The van der Waals surface area contributed by atoms with E-state index in [0.29, 0.717) is 6.04 Å². The zero-order valence-corrected chi connectivity index (χ0v) is 10.3. The molecule has 1 aliphatic heterocycles. The van der Waals surface area contributed by atoms with Gasteiger partial charge in [0.05, 0.1) is 11.7 Å². The minimum atomic E-state index is 0.337. The molecule has 3 rings (SSSR count). The van der Waals surface area contributed by atoms with E-state index in [1.165, 1.54) is 16.0 Å². The molecule has 3 heterocycles. The monoisotopic (exact) mass is 233 g/mol. The zero-order valence-electron chi connectivity index (χ0n) is 9.53. The quantitative estimate of drug-likeness (QED) is 0.816. The summed E-state index contributed by atoms with van der Waals surface area (Å²) in [6, 6.07) is 2.58. The second-order valence-electron chi connectivity index (χ2n) is 4.28. The van der Waals surface area contributed by atoms with Gasteiger partial charge in [-0.3, -0.25) is 4.68 Å². The molecule has 1 N–H and O–H groups in total. The van der Waals surface area contributed by atoms with Gasteiger partial charge in [0.1, 0.15) is 0 Å². The summed E-state index contributed by atoms with van der Waals surface area (Å²) in [5, 5.41) is 10.2. The fraction of sp³-hybridized carbons (Fsp3) is 0.417. The van der Waals surface area contributed by atoms with Crippen LogP contribution in [-0.2, 0) is 13.5 Å². The summed E-state index contributed by atoms with van der Waals surface area (Å²) in [6.45, 7) is 3.14. The molecule has 0 bridgehead atoms. The zero-order chi connectivity index (χ0) is 11.1. The molecular weight excluding hydrogens is 218 g/mol. The topological polar surface area (TPSA) is 29.9 Å². The van der Waals surface area contributed by atoms with Gasteiger partial charge < -0.3 is 5.32 Å². The summed E-state index contributed by atoms with van der Waals surface area (Å²) in [5.41, 5.74) is 3.87. The average Bonchev–Trinajstić information content (AvgIpc) is 2.84. The number of nitrogens with one attached hydrogen (secondary N) is 1. The number of hydrogen-bond donors (Lipinski definition) is 1. The summed E-state index contributed by atoms with van der Waals surface area (Å²) in [4.78, 5) is 1.52. The van der Waals surface area contributed by atoms with E-state index in [1.807, 2.05) is 23.1 Å². The minimum absolute atomic E-state index is 0.337. The molecule has 16 heavy (non-hydrogen) atoms. The van der Waals surface area contributed by atoms with E-state index in [4.69, 9.17) is 0 Å². The maximum absolute atomic E-state index is 4.42. The van der Waals surface area contributed by atoms with E-state index < -0.39 is 0 Å². The van der Waals surface area contributed by atoms with Gasteiger partial charge in [0, 0.05) is 30.2 Å². The Kier molecular flexibility index (Phi) is 2.33. The molecule has 2 aromatic rings. The number of hydrogen-bond acceptors (Lipinski definition) is 3. The van der Waals surface area contributed by atoms with Gasteiger partial charge >= 0.3 is 0 Å². The van der Waals surface area contributed by atoms with Crippen molar-refractivity contribution in [3.05, 3.63) is 39.3 Å². The molecule has 1 atom stereocenters. The third-order valence-corrected chi connectivity index (χ3v) is 4.15. The highest BCUT2D eigenvalue weighted by Gasteiger charge is 2.24. The predicted molar refractivity (Wildman–Crippen MR) is 65.8 cm³/mol. The number of fused-ring (bicyclic) bond motifs is 1. The van der Waals surface area contributed by atoms with Crippen LogP contribution in [0.5, 0.6) is 0 Å². The van der Waals surface area contributed by atoms with Crippen LogP contribution in [0.4, 0.5) is 0 Å². The van der Waals surface area contributed by atoms with Crippen LogP contribution in [0.1, 0.15) is 27.7 Å². The second kappa shape index (κ2) is 3.71. The van der Waals surface area contributed by atoms with Gasteiger partial charge in [0.2, 0.25) is 0 Å². The smallest absolute Gasteiger partial charge is 0.0644 e. The van der Waals surface area contributed by atoms with Crippen molar-refractivity contribution in [2.24, 2.45) is 7.05 Å². The lowest BCUT2D eigenvalue weighted by molar-refractivity contribution is 0.572. The summed E-state index contributed by atoms with van der Waals surface area (Å²) in [7, 11) is 1.98. The van der Waals surface area contributed by atoms with Crippen LogP contribution in [0, 0.1) is 6.92 Å². The molecule has 1 unspecified atom stereocenters. The lowest BCUT2D eigenvalue weighted by Gasteiger charge is -2.23. The molecule has 0 saturated heterocycles.